The molecule has 0 aromatic carbocycles. The maximum atomic E-state index is 13.0. The Bertz CT molecular complexity index is 906. The first-order valence-corrected chi connectivity index (χ1v) is 9.71. The molecule has 1 fully saturated rings. The van der Waals surface area contributed by atoms with Crippen LogP contribution in [0.25, 0.3) is 11.0 Å². The smallest absolute Gasteiger partial charge is 0.347 e. The Labute approximate surface area is 165 Å². The van der Waals surface area contributed by atoms with E-state index in [2.05, 4.69) is 37.8 Å². The molecular weight excluding hydrogens is 416 g/mol. The summed E-state index contributed by atoms with van der Waals surface area (Å²) >= 11 is 3.38. The summed E-state index contributed by atoms with van der Waals surface area (Å²) in [5.41, 5.74) is -0.594. The zero-order valence-corrected chi connectivity index (χ0v) is 17.0. The molecule has 0 unspecified atom stereocenters. The fraction of sp³-hybridized carbons (Fsp3) is 0.500. The first-order chi connectivity index (χ1) is 12.9. The van der Waals surface area contributed by atoms with Gasteiger partial charge in [-0.15, -0.1) is 0 Å². The van der Waals surface area contributed by atoms with Gasteiger partial charge in [0.25, 0.3) is 5.56 Å². The molecule has 3 heterocycles. The van der Waals surface area contributed by atoms with Crippen LogP contribution >= 0.6 is 15.9 Å². The Morgan fingerprint density at radius 3 is 2.67 bits per heavy atom. The highest BCUT2D eigenvalue weighted by atomic mass is 79.9. The molecule has 1 aliphatic heterocycles. The summed E-state index contributed by atoms with van der Waals surface area (Å²) in [5.74, 6) is -1.23. The predicted molar refractivity (Wildman–Crippen MR) is 105 cm³/mol. The molecule has 0 amide bonds. The minimum Gasteiger partial charge on any atom is -0.506 e. The third kappa shape index (κ3) is 3.99. The second-order valence-electron chi connectivity index (χ2n) is 6.54. The molecular formula is C18H23BrN4O4. The molecule has 0 radical (unpaired) electrons. The van der Waals surface area contributed by atoms with Crippen molar-refractivity contribution in [1.82, 2.24) is 19.4 Å². The Kier molecular flexibility index (Phi) is 6.13. The predicted octanol–water partition coefficient (Wildman–Crippen LogP) is 1.29. The van der Waals surface area contributed by atoms with Crippen LogP contribution in [0, 0.1) is 0 Å². The van der Waals surface area contributed by atoms with Crippen molar-refractivity contribution >= 4 is 32.9 Å². The van der Waals surface area contributed by atoms with Crippen LogP contribution in [0.4, 0.5) is 0 Å². The number of likely N-dealkylation sites (N-methyl/N-ethyl adjacent to an activating group) is 1. The largest absolute Gasteiger partial charge is 0.506 e. The third-order valence-electron chi connectivity index (χ3n) is 4.78. The van der Waals surface area contributed by atoms with Crippen molar-refractivity contribution < 1.29 is 14.6 Å². The van der Waals surface area contributed by atoms with Crippen molar-refractivity contribution in [2.75, 3.05) is 46.4 Å². The summed E-state index contributed by atoms with van der Waals surface area (Å²) < 4.78 is 6.98. The number of hydrogen-bond acceptors (Lipinski definition) is 7. The van der Waals surface area contributed by atoms with Crippen LogP contribution in [-0.4, -0.2) is 76.8 Å². The first kappa shape index (κ1) is 19.8. The molecule has 1 N–H and O–H groups in total. The molecule has 0 spiro atoms. The van der Waals surface area contributed by atoms with Crippen molar-refractivity contribution in [2.24, 2.45) is 0 Å². The SMILES string of the molecule is CCOC(=O)c1c(O)c2c(Br)ccnc2n(CCN2CCN(C)CC2)c1=O. The third-order valence-corrected chi connectivity index (χ3v) is 5.44. The van der Waals surface area contributed by atoms with Gasteiger partial charge in [0.15, 0.2) is 5.56 Å². The Morgan fingerprint density at radius 2 is 2.00 bits per heavy atom. The molecule has 27 heavy (non-hydrogen) atoms. The lowest BCUT2D eigenvalue weighted by Crippen LogP contribution is -2.46. The monoisotopic (exact) mass is 438 g/mol. The van der Waals surface area contributed by atoms with Crippen molar-refractivity contribution in [3.8, 4) is 5.75 Å². The molecule has 9 heteroatoms. The van der Waals surface area contributed by atoms with Crippen molar-refractivity contribution in [2.45, 2.75) is 13.5 Å². The van der Waals surface area contributed by atoms with E-state index in [0.29, 0.717) is 28.6 Å². The number of ether oxygens (including phenoxy) is 1. The number of carbonyl (C=O) groups excluding carboxylic acids is 1. The van der Waals surface area contributed by atoms with Crippen LogP contribution in [0.3, 0.4) is 0 Å². The number of piperazine rings is 1. The van der Waals surface area contributed by atoms with Gasteiger partial charge in [0, 0.05) is 49.9 Å². The van der Waals surface area contributed by atoms with Gasteiger partial charge in [-0.05, 0) is 36.0 Å². The fourth-order valence-corrected chi connectivity index (χ4v) is 3.70. The van der Waals surface area contributed by atoms with Gasteiger partial charge >= 0.3 is 5.97 Å². The summed E-state index contributed by atoms with van der Waals surface area (Å²) in [6.07, 6.45) is 1.56. The number of pyridine rings is 2. The standard InChI is InChI=1S/C18H23BrN4O4/c1-3-27-18(26)14-15(24)13-12(19)4-5-20-16(13)23(17(14)25)11-10-22-8-6-21(2)7-9-22/h4-5,24H,3,6-11H2,1-2H3. The van der Waals surface area contributed by atoms with Crippen molar-refractivity contribution in [1.29, 1.82) is 0 Å². The Hall–Kier alpha value is -1.97. The molecule has 0 aliphatic carbocycles. The van der Waals surface area contributed by atoms with Crippen molar-refractivity contribution in [3.63, 3.8) is 0 Å². The molecule has 2 aromatic rings. The molecule has 1 aliphatic rings. The number of rotatable bonds is 5. The summed E-state index contributed by atoms with van der Waals surface area (Å²) in [4.78, 5) is 34.1. The highest BCUT2D eigenvalue weighted by Crippen LogP contribution is 2.32. The van der Waals surface area contributed by atoms with Crippen LogP contribution in [0.1, 0.15) is 17.3 Å². The van der Waals surface area contributed by atoms with E-state index in [-0.39, 0.29) is 12.2 Å². The van der Waals surface area contributed by atoms with Gasteiger partial charge in [-0.25, -0.2) is 9.78 Å². The van der Waals surface area contributed by atoms with Crippen LogP contribution in [0.15, 0.2) is 21.5 Å². The number of aromatic hydroxyl groups is 1. The number of hydrogen-bond donors (Lipinski definition) is 1. The van der Waals surface area contributed by atoms with Crippen molar-refractivity contribution in [3.05, 3.63) is 32.7 Å². The fourth-order valence-electron chi connectivity index (χ4n) is 3.22. The van der Waals surface area contributed by atoms with Gasteiger partial charge < -0.3 is 14.7 Å². The van der Waals surface area contributed by atoms with Gasteiger partial charge in [-0.3, -0.25) is 14.3 Å². The summed E-state index contributed by atoms with van der Waals surface area (Å²) in [7, 11) is 2.09. The zero-order chi connectivity index (χ0) is 19.6. The second-order valence-corrected chi connectivity index (χ2v) is 7.39. The molecule has 0 bridgehead atoms. The first-order valence-electron chi connectivity index (χ1n) is 8.92. The summed E-state index contributed by atoms with van der Waals surface area (Å²) in [6, 6.07) is 1.66. The van der Waals surface area contributed by atoms with Gasteiger partial charge in [-0.2, -0.15) is 0 Å². The highest BCUT2D eigenvalue weighted by Gasteiger charge is 2.25. The number of fused-ring (bicyclic) bond motifs is 1. The van der Waals surface area contributed by atoms with E-state index in [1.807, 2.05) is 0 Å². The van der Waals surface area contributed by atoms with E-state index >= 15 is 0 Å². The quantitative estimate of drug-likeness (QED) is 0.703. The Balaban J connectivity index is 2.03. The van der Waals surface area contributed by atoms with E-state index in [4.69, 9.17) is 4.74 Å². The summed E-state index contributed by atoms with van der Waals surface area (Å²) in [6.45, 7) is 6.59. The second kappa shape index (κ2) is 8.37. The van der Waals surface area contributed by atoms with Crippen LogP contribution < -0.4 is 5.56 Å². The highest BCUT2D eigenvalue weighted by molar-refractivity contribution is 9.10. The number of aromatic nitrogens is 2. The Morgan fingerprint density at radius 1 is 1.30 bits per heavy atom. The van der Waals surface area contributed by atoms with Gasteiger partial charge in [-0.1, -0.05) is 0 Å². The molecule has 1 saturated heterocycles. The number of carbonyl (C=O) groups is 1. The lowest BCUT2D eigenvalue weighted by molar-refractivity contribution is 0.0520. The van der Waals surface area contributed by atoms with Gasteiger partial charge in [0.2, 0.25) is 0 Å². The number of esters is 1. The number of halogens is 1. The summed E-state index contributed by atoms with van der Waals surface area (Å²) in [5, 5.41) is 10.9. The van der Waals surface area contributed by atoms with E-state index in [9.17, 15) is 14.7 Å². The van der Waals surface area contributed by atoms with Crippen LogP contribution in [0.5, 0.6) is 5.75 Å². The van der Waals surface area contributed by atoms with Gasteiger partial charge in [0.05, 0.1) is 12.0 Å². The molecule has 2 aromatic heterocycles. The molecule has 0 atom stereocenters. The van der Waals surface area contributed by atoms with Crippen LogP contribution in [0.2, 0.25) is 0 Å². The topological polar surface area (TPSA) is 87.9 Å². The normalized spacial score (nSPS) is 16.0. The maximum Gasteiger partial charge on any atom is 0.347 e. The molecule has 3 rings (SSSR count). The average Bonchev–Trinajstić information content (AvgIpc) is 2.63. The lowest BCUT2D eigenvalue weighted by atomic mass is 10.1. The lowest BCUT2D eigenvalue weighted by Gasteiger charge is -2.32. The van der Waals surface area contributed by atoms with E-state index < -0.39 is 17.3 Å². The van der Waals surface area contributed by atoms with E-state index in [1.54, 1.807) is 19.2 Å². The molecule has 8 nitrogen and oxygen atoms in total. The molecule has 146 valence electrons. The molecule has 0 saturated carbocycles. The van der Waals surface area contributed by atoms with Gasteiger partial charge in [0.1, 0.15) is 11.4 Å². The maximum absolute atomic E-state index is 13.0. The number of nitrogens with zero attached hydrogens (tertiary/aromatic N) is 4. The van der Waals surface area contributed by atoms with E-state index in [1.165, 1.54) is 4.57 Å². The minimum atomic E-state index is -0.828. The minimum absolute atomic E-state index is 0.116. The van der Waals surface area contributed by atoms with E-state index in [0.717, 1.165) is 26.2 Å². The van der Waals surface area contributed by atoms with Crippen LogP contribution in [-0.2, 0) is 11.3 Å². The zero-order valence-electron chi connectivity index (χ0n) is 15.4. The average molecular weight is 439 g/mol.